The molecular formula is C10H20ClNO. The van der Waals surface area contributed by atoms with Crippen molar-refractivity contribution in [2.24, 2.45) is 5.92 Å². The van der Waals surface area contributed by atoms with E-state index in [0.717, 1.165) is 32.0 Å². The Morgan fingerprint density at radius 3 is 2.77 bits per heavy atom. The summed E-state index contributed by atoms with van der Waals surface area (Å²) in [7, 11) is 1.75. The number of hydrogen-bond acceptors (Lipinski definition) is 2. The fraction of sp³-hybridized carbons (Fsp3) is 1.00. The molecule has 3 heteroatoms. The van der Waals surface area contributed by atoms with Gasteiger partial charge in [0.1, 0.15) is 0 Å². The third-order valence-electron chi connectivity index (χ3n) is 2.67. The molecule has 0 aromatic rings. The van der Waals surface area contributed by atoms with Gasteiger partial charge in [-0.2, -0.15) is 0 Å². The lowest BCUT2D eigenvalue weighted by Crippen LogP contribution is -2.46. The molecule has 0 aromatic heterocycles. The largest absolute Gasteiger partial charge is 0.383 e. The maximum Gasteiger partial charge on any atom is 0.0615 e. The lowest BCUT2D eigenvalue weighted by Gasteiger charge is -2.37. The van der Waals surface area contributed by atoms with Crippen molar-refractivity contribution in [2.45, 2.75) is 31.7 Å². The molecule has 1 rings (SSSR count). The molecule has 0 amide bonds. The molecule has 78 valence electrons. The van der Waals surface area contributed by atoms with Crippen LogP contribution in [0.2, 0.25) is 0 Å². The second-order valence-electron chi connectivity index (χ2n) is 4.20. The number of methoxy groups -OCH3 is 1. The molecule has 3 atom stereocenters. The average Bonchev–Trinajstić information content (AvgIpc) is 2.03. The Morgan fingerprint density at radius 2 is 2.23 bits per heavy atom. The van der Waals surface area contributed by atoms with Gasteiger partial charge in [0.25, 0.3) is 0 Å². The number of ether oxygens (including phenoxy) is 1. The van der Waals surface area contributed by atoms with Crippen molar-refractivity contribution in [3.63, 3.8) is 0 Å². The van der Waals surface area contributed by atoms with E-state index in [1.807, 2.05) is 0 Å². The normalized spacial score (nSPS) is 33.2. The van der Waals surface area contributed by atoms with Gasteiger partial charge >= 0.3 is 0 Å². The van der Waals surface area contributed by atoms with Crippen molar-refractivity contribution in [1.82, 2.24) is 4.90 Å². The van der Waals surface area contributed by atoms with Crippen LogP contribution < -0.4 is 0 Å². The summed E-state index contributed by atoms with van der Waals surface area (Å²) in [5.74, 6) is 0.718. The summed E-state index contributed by atoms with van der Waals surface area (Å²) in [6.07, 6.45) is 1.15. The van der Waals surface area contributed by atoms with Gasteiger partial charge in [0.2, 0.25) is 0 Å². The minimum Gasteiger partial charge on any atom is -0.383 e. The van der Waals surface area contributed by atoms with Gasteiger partial charge in [-0.3, -0.25) is 4.90 Å². The van der Waals surface area contributed by atoms with Crippen molar-refractivity contribution >= 4 is 11.6 Å². The highest BCUT2D eigenvalue weighted by Gasteiger charge is 2.25. The van der Waals surface area contributed by atoms with Gasteiger partial charge in [0.15, 0.2) is 0 Å². The molecule has 0 spiro atoms. The van der Waals surface area contributed by atoms with Gasteiger partial charge in [0, 0.05) is 31.6 Å². The van der Waals surface area contributed by atoms with Gasteiger partial charge in [0.05, 0.1) is 6.61 Å². The molecule has 3 unspecified atom stereocenters. The molecule has 0 saturated carbocycles. The summed E-state index contributed by atoms with van der Waals surface area (Å²) < 4.78 is 5.14. The first-order valence-electron chi connectivity index (χ1n) is 5.00. The van der Waals surface area contributed by atoms with Crippen LogP contribution in [0, 0.1) is 5.92 Å². The third kappa shape index (κ3) is 3.45. The van der Waals surface area contributed by atoms with Crippen LogP contribution in [0.25, 0.3) is 0 Å². The highest BCUT2D eigenvalue weighted by atomic mass is 35.5. The van der Waals surface area contributed by atoms with Gasteiger partial charge in [-0.05, 0) is 19.3 Å². The van der Waals surface area contributed by atoms with Gasteiger partial charge in [-0.25, -0.2) is 0 Å². The Morgan fingerprint density at radius 1 is 1.54 bits per heavy atom. The Balaban J connectivity index is 2.40. The number of rotatable bonds is 3. The van der Waals surface area contributed by atoms with Crippen LogP contribution in [-0.4, -0.2) is 43.1 Å². The first-order chi connectivity index (χ1) is 6.13. The standard InChI is InChI=1S/C10H20ClNO/c1-8-4-10(11)6-12(5-8)9(2)7-13-3/h8-10H,4-7H2,1-3H3. The first kappa shape index (κ1) is 11.3. The predicted octanol–water partition coefficient (Wildman–Crippen LogP) is 1.97. The zero-order chi connectivity index (χ0) is 9.84. The van der Waals surface area contributed by atoms with Crippen LogP contribution in [0.5, 0.6) is 0 Å². The van der Waals surface area contributed by atoms with E-state index in [4.69, 9.17) is 16.3 Å². The fourth-order valence-electron chi connectivity index (χ4n) is 2.02. The smallest absolute Gasteiger partial charge is 0.0615 e. The van der Waals surface area contributed by atoms with E-state index in [1.165, 1.54) is 0 Å². The Kier molecular flexibility index (Phi) is 4.50. The van der Waals surface area contributed by atoms with Crippen LogP contribution in [-0.2, 0) is 4.74 Å². The third-order valence-corrected chi connectivity index (χ3v) is 2.98. The quantitative estimate of drug-likeness (QED) is 0.654. The first-order valence-corrected chi connectivity index (χ1v) is 5.44. The van der Waals surface area contributed by atoms with Crippen LogP contribution in [0.15, 0.2) is 0 Å². The summed E-state index contributed by atoms with van der Waals surface area (Å²) >= 11 is 6.17. The second kappa shape index (κ2) is 5.18. The van der Waals surface area contributed by atoms with Crippen molar-refractivity contribution < 1.29 is 4.74 Å². The number of hydrogen-bond donors (Lipinski definition) is 0. The van der Waals surface area contributed by atoms with Crippen molar-refractivity contribution in [2.75, 3.05) is 26.8 Å². The van der Waals surface area contributed by atoms with E-state index in [0.29, 0.717) is 11.4 Å². The molecule has 2 nitrogen and oxygen atoms in total. The van der Waals surface area contributed by atoms with E-state index in [2.05, 4.69) is 18.7 Å². The summed E-state index contributed by atoms with van der Waals surface area (Å²) in [5, 5.41) is 0.322. The van der Waals surface area contributed by atoms with Crippen LogP contribution in [0.4, 0.5) is 0 Å². The maximum absolute atomic E-state index is 6.17. The molecule has 1 aliphatic rings. The van der Waals surface area contributed by atoms with Crippen molar-refractivity contribution in [3.8, 4) is 0 Å². The molecule has 1 fully saturated rings. The number of likely N-dealkylation sites (tertiary alicyclic amines) is 1. The lowest BCUT2D eigenvalue weighted by atomic mass is 9.99. The average molecular weight is 206 g/mol. The highest BCUT2D eigenvalue weighted by molar-refractivity contribution is 6.20. The summed E-state index contributed by atoms with van der Waals surface area (Å²) in [6, 6.07) is 0.494. The molecule has 0 aromatic carbocycles. The molecule has 13 heavy (non-hydrogen) atoms. The van der Waals surface area contributed by atoms with Gasteiger partial charge in [-0.15, -0.1) is 11.6 Å². The number of nitrogens with zero attached hydrogens (tertiary/aromatic N) is 1. The topological polar surface area (TPSA) is 12.5 Å². The molecule has 0 aliphatic carbocycles. The second-order valence-corrected chi connectivity index (χ2v) is 4.81. The zero-order valence-corrected chi connectivity index (χ0v) is 9.55. The summed E-state index contributed by atoms with van der Waals surface area (Å²) in [5.41, 5.74) is 0. The lowest BCUT2D eigenvalue weighted by molar-refractivity contribution is 0.0728. The van der Waals surface area contributed by atoms with Crippen LogP contribution in [0.3, 0.4) is 0 Å². The van der Waals surface area contributed by atoms with E-state index < -0.39 is 0 Å². The van der Waals surface area contributed by atoms with Crippen LogP contribution in [0.1, 0.15) is 20.3 Å². The Bertz CT molecular complexity index is 144. The van der Waals surface area contributed by atoms with Gasteiger partial charge < -0.3 is 4.74 Å². The van der Waals surface area contributed by atoms with Crippen molar-refractivity contribution in [1.29, 1.82) is 0 Å². The van der Waals surface area contributed by atoms with Crippen molar-refractivity contribution in [3.05, 3.63) is 0 Å². The van der Waals surface area contributed by atoms with Gasteiger partial charge in [-0.1, -0.05) is 6.92 Å². The number of halogens is 1. The fourth-order valence-corrected chi connectivity index (χ4v) is 2.50. The van der Waals surface area contributed by atoms with Crippen LogP contribution >= 0.6 is 11.6 Å². The maximum atomic E-state index is 6.17. The van der Waals surface area contributed by atoms with E-state index in [-0.39, 0.29) is 0 Å². The van der Waals surface area contributed by atoms with E-state index >= 15 is 0 Å². The summed E-state index contributed by atoms with van der Waals surface area (Å²) in [4.78, 5) is 2.43. The predicted molar refractivity (Wildman–Crippen MR) is 56.3 cm³/mol. The minimum atomic E-state index is 0.322. The summed E-state index contributed by atoms with van der Waals surface area (Å²) in [6.45, 7) is 7.44. The highest BCUT2D eigenvalue weighted by Crippen LogP contribution is 2.21. The van der Waals surface area contributed by atoms with E-state index in [9.17, 15) is 0 Å². The Hall–Kier alpha value is 0.210. The molecule has 0 N–H and O–H groups in total. The molecule has 1 saturated heterocycles. The zero-order valence-electron chi connectivity index (χ0n) is 8.79. The number of piperidine rings is 1. The molecule has 1 aliphatic heterocycles. The molecule has 0 bridgehead atoms. The van der Waals surface area contributed by atoms with E-state index in [1.54, 1.807) is 7.11 Å². The molecule has 0 radical (unpaired) electrons. The number of alkyl halides is 1. The Labute approximate surface area is 86.2 Å². The molecule has 1 heterocycles. The SMILES string of the molecule is COCC(C)N1CC(C)CC(Cl)C1. The monoisotopic (exact) mass is 205 g/mol. The minimum absolute atomic E-state index is 0.322. The molecular weight excluding hydrogens is 186 g/mol.